The molecule has 1 heterocycles. The molecule has 0 fully saturated rings. The molecular weight excluding hydrogens is 279 g/mol. The number of nitrogens with two attached hydrogens (primary N) is 1. The third kappa shape index (κ3) is 4.67. The molecule has 1 aromatic heterocycles. The first-order valence-corrected chi connectivity index (χ1v) is 5.66. The van der Waals surface area contributed by atoms with E-state index in [4.69, 9.17) is 15.6 Å². The number of nitrogens with zero attached hydrogens (tertiary/aromatic N) is 1. The van der Waals surface area contributed by atoms with Crippen molar-refractivity contribution in [3.8, 4) is 0 Å². The van der Waals surface area contributed by atoms with E-state index in [1.807, 2.05) is 0 Å². The van der Waals surface area contributed by atoms with Gasteiger partial charge >= 0.3 is 6.18 Å². The molecule has 0 spiro atoms. The second-order valence-electron chi connectivity index (χ2n) is 3.72. The van der Waals surface area contributed by atoms with E-state index in [-0.39, 0.29) is 37.7 Å². The van der Waals surface area contributed by atoms with Gasteiger partial charge in [-0.25, -0.2) is 4.98 Å². The van der Waals surface area contributed by atoms with E-state index in [9.17, 15) is 18.0 Å². The van der Waals surface area contributed by atoms with E-state index >= 15 is 0 Å². The van der Waals surface area contributed by atoms with Crippen molar-refractivity contribution in [3.05, 3.63) is 23.4 Å². The van der Waals surface area contributed by atoms with Crippen LogP contribution >= 0.6 is 0 Å². The lowest BCUT2D eigenvalue weighted by molar-refractivity contribution is -0.141. The van der Waals surface area contributed by atoms with Crippen LogP contribution in [0.3, 0.4) is 0 Å². The van der Waals surface area contributed by atoms with Gasteiger partial charge in [0.05, 0.1) is 25.4 Å². The fraction of sp³-hybridized carbons (Fsp3) is 0.455. The molecule has 0 radical (unpaired) electrons. The molecule has 20 heavy (non-hydrogen) atoms. The summed E-state index contributed by atoms with van der Waals surface area (Å²) in [5.41, 5.74) is 3.80. The Morgan fingerprint density at radius 3 is 2.65 bits per heavy atom. The summed E-state index contributed by atoms with van der Waals surface area (Å²) in [4.78, 5) is 14.5. The van der Waals surface area contributed by atoms with Crippen molar-refractivity contribution in [1.29, 1.82) is 0 Å². The third-order valence-corrected chi connectivity index (χ3v) is 2.23. The zero-order valence-electron chi connectivity index (χ0n) is 10.4. The van der Waals surface area contributed by atoms with E-state index in [0.717, 1.165) is 6.07 Å². The van der Waals surface area contributed by atoms with Crippen LogP contribution in [-0.4, -0.2) is 42.4 Å². The Morgan fingerprint density at radius 1 is 1.40 bits per heavy atom. The molecular formula is C11H14F3N3O3. The molecule has 9 heteroatoms. The fourth-order valence-corrected chi connectivity index (χ4v) is 1.36. The largest absolute Gasteiger partial charge is 0.433 e. The molecule has 112 valence electrons. The lowest BCUT2D eigenvalue weighted by Crippen LogP contribution is -2.20. The molecule has 0 saturated heterocycles. The Hall–Kier alpha value is -1.87. The monoisotopic (exact) mass is 293 g/mol. The van der Waals surface area contributed by atoms with E-state index in [1.54, 1.807) is 0 Å². The molecule has 0 saturated carbocycles. The van der Waals surface area contributed by atoms with Gasteiger partial charge in [-0.2, -0.15) is 13.2 Å². The first kappa shape index (κ1) is 16.2. The highest BCUT2D eigenvalue weighted by atomic mass is 19.4. The minimum atomic E-state index is -4.61. The highest BCUT2D eigenvalue weighted by Gasteiger charge is 2.33. The predicted molar refractivity (Wildman–Crippen MR) is 64.2 cm³/mol. The molecule has 0 aliphatic carbocycles. The van der Waals surface area contributed by atoms with E-state index in [0.29, 0.717) is 6.07 Å². The van der Waals surface area contributed by atoms with Gasteiger partial charge in [0, 0.05) is 6.54 Å². The average molecular weight is 293 g/mol. The van der Waals surface area contributed by atoms with Crippen molar-refractivity contribution in [2.75, 3.05) is 31.7 Å². The summed E-state index contributed by atoms with van der Waals surface area (Å²) in [6, 6.07) is 1.66. The normalized spacial score (nSPS) is 11.4. The number of amides is 1. The van der Waals surface area contributed by atoms with Gasteiger partial charge in [-0.3, -0.25) is 4.79 Å². The molecule has 1 rings (SSSR count). The van der Waals surface area contributed by atoms with Gasteiger partial charge in [-0.15, -0.1) is 0 Å². The summed E-state index contributed by atoms with van der Waals surface area (Å²) >= 11 is 0. The van der Waals surface area contributed by atoms with Crippen molar-refractivity contribution in [3.63, 3.8) is 0 Å². The number of halogens is 3. The maximum absolute atomic E-state index is 12.5. The van der Waals surface area contributed by atoms with Gasteiger partial charge in [-0.05, 0) is 12.1 Å². The Kier molecular flexibility index (Phi) is 5.71. The number of rotatable bonds is 7. The van der Waals surface area contributed by atoms with Crippen LogP contribution in [0, 0.1) is 0 Å². The minimum absolute atomic E-state index is 0.111. The molecule has 0 aliphatic heterocycles. The zero-order valence-corrected chi connectivity index (χ0v) is 10.4. The highest BCUT2D eigenvalue weighted by molar-refractivity contribution is 5.97. The molecule has 4 N–H and O–H groups in total. The highest BCUT2D eigenvalue weighted by Crippen LogP contribution is 2.29. The standard InChI is InChI=1S/C11H14F3N3O3/c12-11(13,14)8-2-1-7(9(15)19)10(17-8)16-3-5-20-6-4-18/h1-2,18H,3-6H2,(H2,15,19)(H,16,17). The lowest BCUT2D eigenvalue weighted by atomic mass is 10.2. The molecule has 0 aliphatic rings. The number of anilines is 1. The summed E-state index contributed by atoms with van der Waals surface area (Å²) < 4.78 is 42.5. The number of ether oxygens (including phenoxy) is 1. The number of nitrogens with one attached hydrogen (secondary N) is 1. The van der Waals surface area contributed by atoms with Crippen LogP contribution in [0.25, 0.3) is 0 Å². The second kappa shape index (κ2) is 7.06. The predicted octanol–water partition coefficient (Wildman–Crippen LogP) is 0.620. The van der Waals surface area contributed by atoms with Crippen LogP contribution in [0.5, 0.6) is 0 Å². The number of alkyl halides is 3. The van der Waals surface area contributed by atoms with Crippen molar-refractivity contribution in [2.24, 2.45) is 5.73 Å². The second-order valence-corrected chi connectivity index (χ2v) is 3.72. The Balaban J connectivity index is 2.81. The van der Waals surface area contributed by atoms with Crippen molar-refractivity contribution < 1.29 is 27.8 Å². The number of aromatic nitrogens is 1. The van der Waals surface area contributed by atoms with Crippen molar-refractivity contribution >= 4 is 11.7 Å². The Morgan fingerprint density at radius 2 is 2.10 bits per heavy atom. The lowest BCUT2D eigenvalue weighted by Gasteiger charge is -2.12. The maximum atomic E-state index is 12.5. The van der Waals surface area contributed by atoms with Gasteiger partial charge in [0.25, 0.3) is 5.91 Å². The molecule has 0 unspecified atom stereocenters. The smallest absolute Gasteiger partial charge is 0.394 e. The van der Waals surface area contributed by atoms with Crippen molar-refractivity contribution in [2.45, 2.75) is 6.18 Å². The molecule has 1 amide bonds. The van der Waals surface area contributed by atoms with Crippen LogP contribution in [-0.2, 0) is 10.9 Å². The Bertz CT molecular complexity index is 466. The third-order valence-electron chi connectivity index (χ3n) is 2.23. The summed E-state index contributed by atoms with van der Waals surface area (Å²) in [6.07, 6.45) is -4.61. The van der Waals surface area contributed by atoms with Crippen LogP contribution in [0.15, 0.2) is 12.1 Å². The summed E-state index contributed by atoms with van der Waals surface area (Å²) in [6.45, 7) is 0.208. The number of hydrogen-bond donors (Lipinski definition) is 3. The van der Waals surface area contributed by atoms with Gasteiger partial charge in [-0.1, -0.05) is 0 Å². The molecule has 0 aromatic carbocycles. The minimum Gasteiger partial charge on any atom is -0.394 e. The van der Waals surface area contributed by atoms with Gasteiger partial charge < -0.3 is 20.9 Å². The fourth-order valence-electron chi connectivity index (χ4n) is 1.36. The number of aliphatic hydroxyl groups excluding tert-OH is 1. The molecule has 0 atom stereocenters. The Labute approximate surface area is 112 Å². The van der Waals surface area contributed by atoms with Crippen LogP contribution in [0.4, 0.5) is 19.0 Å². The van der Waals surface area contributed by atoms with Crippen LogP contribution in [0.1, 0.15) is 16.1 Å². The van der Waals surface area contributed by atoms with E-state index in [2.05, 4.69) is 10.3 Å². The summed E-state index contributed by atoms with van der Waals surface area (Å²) in [5.74, 6) is -1.13. The molecule has 0 bridgehead atoms. The molecule has 6 nitrogen and oxygen atoms in total. The number of hydrogen-bond acceptors (Lipinski definition) is 5. The van der Waals surface area contributed by atoms with E-state index < -0.39 is 17.8 Å². The van der Waals surface area contributed by atoms with Gasteiger partial charge in [0.15, 0.2) is 0 Å². The number of pyridine rings is 1. The summed E-state index contributed by atoms with van der Waals surface area (Å²) in [7, 11) is 0. The number of carbonyl (C=O) groups excluding carboxylic acids is 1. The number of carbonyl (C=O) groups is 1. The van der Waals surface area contributed by atoms with Crippen LogP contribution in [0.2, 0.25) is 0 Å². The zero-order chi connectivity index (χ0) is 15.2. The number of primary amides is 1. The number of aliphatic hydroxyl groups is 1. The van der Waals surface area contributed by atoms with Crippen molar-refractivity contribution in [1.82, 2.24) is 4.98 Å². The maximum Gasteiger partial charge on any atom is 0.433 e. The summed E-state index contributed by atoms with van der Waals surface area (Å²) in [5, 5.41) is 11.0. The van der Waals surface area contributed by atoms with Gasteiger partial charge in [0.2, 0.25) is 0 Å². The topological polar surface area (TPSA) is 97.5 Å². The first-order chi connectivity index (χ1) is 9.36. The van der Waals surface area contributed by atoms with E-state index in [1.165, 1.54) is 0 Å². The quantitative estimate of drug-likeness (QED) is 0.640. The first-order valence-electron chi connectivity index (χ1n) is 5.66. The SMILES string of the molecule is NC(=O)c1ccc(C(F)(F)F)nc1NCCOCCO. The van der Waals surface area contributed by atoms with Gasteiger partial charge in [0.1, 0.15) is 11.5 Å². The molecule has 1 aromatic rings. The van der Waals surface area contributed by atoms with Crippen LogP contribution < -0.4 is 11.1 Å². The average Bonchev–Trinajstić information content (AvgIpc) is 2.37.